The third-order valence-corrected chi connectivity index (χ3v) is 5.91. The predicted molar refractivity (Wildman–Crippen MR) is 110 cm³/mol. The molecule has 1 aromatic heterocycles. The van der Waals surface area contributed by atoms with Crippen molar-refractivity contribution in [2.24, 2.45) is 0 Å². The minimum Gasteiger partial charge on any atom is -0.334 e. The van der Waals surface area contributed by atoms with Crippen LogP contribution in [0.15, 0.2) is 88.3 Å². The standard InChI is InChI=1S/C22H19N3O3S/c1-16-11-13-18(14-12-16)21-24-22(28-25-21)19-9-5-6-10-20(19)29(26,27)23-15-17-7-3-2-4-8-17/h2-14,23H,15H2,1H3. The third-order valence-electron chi connectivity index (χ3n) is 4.45. The molecule has 3 aromatic carbocycles. The zero-order valence-electron chi connectivity index (χ0n) is 15.7. The fourth-order valence-corrected chi connectivity index (χ4v) is 4.10. The highest BCUT2D eigenvalue weighted by atomic mass is 32.2. The molecule has 1 heterocycles. The van der Waals surface area contributed by atoms with E-state index in [1.54, 1.807) is 18.2 Å². The molecule has 0 aliphatic carbocycles. The van der Waals surface area contributed by atoms with Gasteiger partial charge in [0, 0.05) is 12.1 Å². The van der Waals surface area contributed by atoms with E-state index < -0.39 is 10.0 Å². The van der Waals surface area contributed by atoms with Gasteiger partial charge in [-0.15, -0.1) is 0 Å². The minimum atomic E-state index is -3.78. The fourth-order valence-electron chi connectivity index (χ4n) is 2.88. The molecule has 0 radical (unpaired) electrons. The molecule has 0 atom stereocenters. The molecule has 4 rings (SSSR count). The molecule has 0 fully saturated rings. The lowest BCUT2D eigenvalue weighted by molar-refractivity contribution is 0.431. The van der Waals surface area contributed by atoms with Crippen molar-refractivity contribution in [1.82, 2.24) is 14.9 Å². The zero-order valence-corrected chi connectivity index (χ0v) is 16.6. The predicted octanol–water partition coefficient (Wildman–Crippen LogP) is 4.19. The highest BCUT2D eigenvalue weighted by molar-refractivity contribution is 7.89. The van der Waals surface area contributed by atoms with Gasteiger partial charge in [-0.2, -0.15) is 4.98 Å². The molecule has 6 nitrogen and oxygen atoms in total. The molecule has 0 aliphatic rings. The van der Waals surface area contributed by atoms with Crippen LogP contribution in [0.1, 0.15) is 11.1 Å². The van der Waals surface area contributed by atoms with E-state index in [0.717, 1.165) is 16.7 Å². The van der Waals surface area contributed by atoms with E-state index in [1.165, 1.54) is 6.07 Å². The Balaban J connectivity index is 1.64. The van der Waals surface area contributed by atoms with Crippen molar-refractivity contribution in [1.29, 1.82) is 0 Å². The van der Waals surface area contributed by atoms with Gasteiger partial charge in [0.05, 0.1) is 10.5 Å². The smallest absolute Gasteiger partial charge is 0.259 e. The van der Waals surface area contributed by atoms with Crippen LogP contribution in [-0.2, 0) is 16.6 Å². The molecule has 0 saturated heterocycles. The molecule has 0 spiro atoms. The normalized spacial score (nSPS) is 11.5. The van der Waals surface area contributed by atoms with E-state index >= 15 is 0 Å². The highest BCUT2D eigenvalue weighted by Crippen LogP contribution is 2.28. The summed E-state index contributed by atoms with van der Waals surface area (Å²) in [4.78, 5) is 4.50. The number of hydrogen-bond donors (Lipinski definition) is 1. The molecular weight excluding hydrogens is 386 g/mol. The molecule has 29 heavy (non-hydrogen) atoms. The maximum Gasteiger partial charge on any atom is 0.259 e. The Bertz CT molecular complexity index is 1220. The number of nitrogens with zero attached hydrogens (tertiary/aromatic N) is 2. The first-order valence-corrected chi connectivity index (χ1v) is 10.5. The number of benzene rings is 3. The van der Waals surface area contributed by atoms with Gasteiger partial charge in [-0.05, 0) is 24.6 Å². The van der Waals surface area contributed by atoms with Crippen LogP contribution in [0.2, 0.25) is 0 Å². The molecular formula is C22H19N3O3S. The lowest BCUT2D eigenvalue weighted by Gasteiger charge is -2.09. The van der Waals surface area contributed by atoms with Crippen LogP contribution < -0.4 is 4.72 Å². The topological polar surface area (TPSA) is 85.1 Å². The molecule has 1 N–H and O–H groups in total. The van der Waals surface area contributed by atoms with Crippen molar-refractivity contribution in [3.8, 4) is 22.8 Å². The van der Waals surface area contributed by atoms with Crippen LogP contribution in [-0.4, -0.2) is 18.6 Å². The Morgan fingerprint density at radius 2 is 1.59 bits per heavy atom. The summed E-state index contributed by atoms with van der Waals surface area (Å²) in [5.74, 6) is 0.561. The van der Waals surface area contributed by atoms with Crippen LogP contribution in [0.4, 0.5) is 0 Å². The minimum absolute atomic E-state index is 0.0926. The Kier molecular flexibility index (Phi) is 5.24. The summed E-state index contributed by atoms with van der Waals surface area (Å²) >= 11 is 0. The van der Waals surface area contributed by atoms with Crippen LogP contribution in [0.5, 0.6) is 0 Å². The summed E-state index contributed by atoms with van der Waals surface area (Å²) in [6, 6.07) is 23.6. The number of nitrogens with one attached hydrogen (secondary N) is 1. The quantitative estimate of drug-likeness (QED) is 0.520. The number of rotatable bonds is 6. The summed E-state index contributed by atoms with van der Waals surface area (Å²) in [5.41, 5.74) is 3.15. The summed E-state index contributed by atoms with van der Waals surface area (Å²) < 4.78 is 33.8. The van der Waals surface area contributed by atoms with E-state index in [-0.39, 0.29) is 17.3 Å². The van der Waals surface area contributed by atoms with Crippen molar-refractivity contribution in [2.45, 2.75) is 18.4 Å². The van der Waals surface area contributed by atoms with Crippen LogP contribution in [0.3, 0.4) is 0 Å². The SMILES string of the molecule is Cc1ccc(-c2noc(-c3ccccc3S(=O)(=O)NCc3ccccc3)n2)cc1. The van der Waals surface area contributed by atoms with Gasteiger partial charge in [0.2, 0.25) is 15.8 Å². The first kappa shape index (κ1) is 19.0. The van der Waals surface area contributed by atoms with Gasteiger partial charge >= 0.3 is 0 Å². The van der Waals surface area contributed by atoms with Crippen molar-refractivity contribution in [3.63, 3.8) is 0 Å². The highest BCUT2D eigenvalue weighted by Gasteiger charge is 2.22. The Labute approximate surface area is 169 Å². The van der Waals surface area contributed by atoms with Gasteiger partial charge < -0.3 is 4.52 Å². The average Bonchev–Trinajstić information content (AvgIpc) is 3.24. The lowest BCUT2D eigenvalue weighted by Crippen LogP contribution is -2.23. The molecule has 0 saturated carbocycles. The van der Waals surface area contributed by atoms with Gasteiger partial charge in [-0.25, -0.2) is 13.1 Å². The maximum atomic E-state index is 12.9. The second kappa shape index (κ2) is 7.98. The molecule has 0 unspecified atom stereocenters. The third kappa shape index (κ3) is 4.26. The van der Waals surface area contributed by atoms with Gasteiger partial charge in [-0.1, -0.05) is 77.5 Å². The van der Waals surface area contributed by atoms with Crippen molar-refractivity contribution < 1.29 is 12.9 Å². The van der Waals surface area contributed by atoms with Gasteiger partial charge in [-0.3, -0.25) is 0 Å². The first-order valence-electron chi connectivity index (χ1n) is 9.07. The van der Waals surface area contributed by atoms with Gasteiger partial charge in [0.25, 0.3) is 5.89 Å². The van der Waals surface area contributed by atoms with E-state index in [2.05, 4.69) is 14.9 Å². The number of hydrogen-bond acceptors (Lipinski definition) is 5. The Morgan fingerprint density at radius 3 is 2.34 bits per heavy atom. The van der Waals surface area contributed by atoms with Crippen molar-refractivity contribution in [3.05, 3.63) is 90.0 Å². The second-order valence-electron chi connectivity index (χ2n) is 6.60. The largest absolute Gasteiger partial charge is 0.334 e. The van der Waals surface area contributed by atoms with Crippen LogP contribution in [0.25, 0.3) is 22.8 Å². The molecule has 146 valence electrons. The molecule has 0 bridgehead atoms. The molecule has 4 aromatic rings. The fraction of sp³-hybridized carbons (Fsp3) is 0.0909. The summed E-state index contributed by atoms with van der Waals surface area (Å²) in [6.07, 6.45) is 0. The monoisotopic (exact) mass is 405 g/mol. The maximum absolute atomic E-state index is 12.9. The van der Waals surface area contributed by atoms with E-state index in [0.29, 0.717) is 11.4 Å². The van der Waals surface area contributed by atoms with Crippen LogP contribution in [0, 0.1) is 6.92 Å². The molecule has 7 heteroatoms. The number of aryl methyl sites for hydroxylation is 1. The average molecular weight is 405 g/mol. The van der Waals surface area contributed by atoms with E-state index in [1.807, 2.05) is 61.5 Å². The zero-order chi connectivity index (χ0) is 20.3. The first-order chi connectivity index (χ1) is 14.0. The summed E-state index contributed by atoms with van der Waals surface area (Å²) in [7, 11) is -3.78. The van der Waals surface area contributed by atoms with Crippen molar-refractivity contribution in [2.75, 3.05) is 0 Å². The molecule has 0 aliphatic heterocycles. The summed E-state index contributed by atoms with van der Waals surface area (Å²) in [6.45, 7) is 2.19. The van der Waals surface area contributed by atoms with Crippen LogP contribution >= 0.6 is 0 Å². The Morgan fingerprint density at radius 1 is 0.897 bits per heavy atom. The van der Waals surface area contributed by atoms with E-state index in [4.69, 9.17) is 4.52 Å². The van der Waals surface area contributed by atoms with Crippen molar-refractivity contribution >= 4 is 10.0 Å². The summed E-state index contributed by atoms with van der Waals surface area (Å²) in [5, 5.41) is 4.01. The van der Waals surface area contributed by atoms with E-state index in [9.17, 15) is 8.42 Å². The number of aromatic nitrogens is 2. The second-order valence-corrected chi connectivity index (χ2v) is 8.33. The number of sulfonamides is 1. The lowest BCUT2D eigenvalue weighted by atomic mass is 10.1. The van der Waals surface area contributed by atoms with Gasteiger partial charge in [0.15, 0.2) is 0 Å². The Hall–Kier alpha value is -3.29. The molecule has 0 amide bonds. The van der Waals surface area contributed by atoms with Gasteiger partial charge in [0.1, 0.15) is 0 Å².